The van der Waals surface area contributed by atoms with Crippen LogP contribution in [0.1, 0.15) is 0 Å². The molecular weight excluding hydrogens is 192 g/mol. The van der Waals surface area contributed by atoms with Crippen molar-refractivity contribution in [2.24, 2.45) is 5.73 Å². The summed E-state index contributed by atoms with van der Waals surface area (Å²) in [5.74, 6) is 0. The summed E-state index contributed by atoms with van der Waals surface area (Å²) >= 11 is 1.13. The van der Waals surface area contributed by atoms with Gasteiger partial charge in [0.1, 0.15) is 5.00 Å². The standard InChI is InChI=1S/C6H8N4O2S/c7-4-1-3(9-2-11)5(13-4)10-6(8)12/h1-2H,7H2,(H,9,11)(H3,8,10,12). The monoisotopic (exact) mass is 200 g/mol. The van der Waals surface area contributed by atoms with E-state index in [2.05, 4.69) is 10.6 Å². The largest absolute Gasteiger partial charge is 0.390 e. The second-order valence-corrected chi connectivity index (χ2v) is 3.23. The summed E-state index contributed by atoms with van der Waals surface area (Å²) in [5.41, 5.74) is 10.8. The maximum Gasteiger partial charge on any atom is 0.317 e. The van der Waals surface area contributed by atoms with Gasteiger partial charge in [0, 0.05) is 0 Å². The van der Waals surface area contributed by atoms with Crippen molar-refractivity contribution in [3.8, 4) is 0 Å². The highest BCUT2D eigenvalue weighted by Crippen LogP contribution is 2.33. The summed E-state index contributed by atoms with van der Waals surface area (Å²) in [4.78, 5) is 20.6. The summed E-state index contributed by atoms with van der Waals surface area (Å²) in [6, 6.07) is 0.834. The lowest BCUT2D eigenvalue weighted by atomic mass is 10.5. The van der Waals surface area contributed by atoms with E-state index < -0.39 is 6.03 Å². The van der Waals surface area contributed by atoms with Gasteiger partial charge in [-0.2, -0.15) is 0 Å². The van der Waals surface area contributed by atoms with Crippen LogP contribution in [0.3, 0.4) is 0 Å². The Morgan fingerprint density at radius 3 is 2.85 bits per heavy atom. The fraction of sp³-hybridized carbons (Fsp3) is 0. The Labute approximate surface area is 77.9 Å². The zero-order valence-electron chi connectivity index (χ0n) is 6.53. The first-order chi connectivity index (χ1) is 6.13. The number of amides is 3. The van der Waals surface area contributed by atoms with Crippen molar-refractivity contribution >= 4 is 39.5 Å². The molecule has 0 aliphatic rings. The Hall–Kier alpha value is -1.76. The van der Waals surface area contributed by atoms with Gasteiger partial charge in [0.2, 0.25) is 6.41 Å². The average molecular weight is 200 g/mol. The predicted molar refractivity (Wildman–Crippen MR) is 51.6 cm³/mol. The molecule has 6 N–H and O–H groups in total. The second kappa shape index (κ2) is 3.76. The highest BCUT2D eigenvalue weighted by atomic mass is 32.1. The van der Waals surface area contributed by atoms with Crippen molar-refractivity contribution in [3.05, 3.63) is 6.07 Å². The third-order valence-electron chi connectivity index (χ3n) is 1.20. The smallest absolute Gasteiger partial charge is 0.317 e. The van der Waals surface area contributed by atoms with Crippen LogP contribution in [-0.4, -0.2) is 12.4 Å². The molecule has 13 heavy (non-hydrogen) atoms. The third kappa shape index (κ3) is 2.34. The van der Waals surface area contributed by atoms with E-state index in [0.29, 0.717) is 22.1 Å². The molecule has 0 unspecified atom stereocenters. The number of anilines is 3. The molecule has 1 rings (SSSR count). The van der Waals surface area contributed by atoms with Gasteiger partial charge >= 0.3 is 6.03 Å². The summed E-state index contributed by atoms with van der Waals surface area (Å²) in [6.45, 7) is 0. The van der Waals surface area contributed by atoms with Gasteiger partial charge < -0.3 is 16.8 Å². The number of primary amides is 1. The number of nitrogens with one attached hydrogen (secondary N) is 2. The molecule has 0 bridgehead atoms. The number of carbonyl (C=O) groups is 2. The maximum absolute atomic E-state index is 10.5. The van der Waals surface area contributed by atoms with Crippen molar-refractivity contribution in [1.29, 1.82) is 0 Å². The predicted octanol–water partition coefficient (Wildman–Crippen LogP) is 0.389. The fourth-order valence-corrected chi connectivity index (χ4v) is 1.58. The normalized spacial score (nSPS) is 9.23. The summed E-state index contributed by atoms with van der Waals surface area (Å²) in [5, 5.41) is 5.62. The first-order valence-corrected chi connectivity index (χ1v) is 4.11. The first kappa shape index (κ1) is 9.33. The topological polar surface area (TPSA) is 110 Å². The van der Waals surface area contributed by atoms with Crippen molar-refractivity contribution in [2.45, 2.75) is 0 Å². The van der Waals surface area contributed by atoms with Gasteiger partial charge in [-0.05, 0) is 6.07 Å². The van der Waals surface area contributed by atoms with Crippen LogP contribution in [0.5, 0.6) is 0 Å². The van der Waals surface area contributed by atoms with Crippen molar-refractivity contribution in [2.75, 3.05) is 16.4 Å². The van der Waals surface area contributed by atoms with E-state index in [1.165, 1.54) is 6.07 Å². The molecule has 6 nitrogen and oxygen atoms in total. The quantitative estimate of drug-likeness (QED) is 0.529. The SMILES string of the molecule is NC(=O)Nc1sc(N)cc1NC=O. The first-order valence-electron chi connectivity index (χ1n) is 3.29. The lowest BCUT2D eigenvalue weighted by Crippen LogP contribution is -2.19. The molecule has 0 aromatic carbocycles. The fourth-order valence-electron chi connectivity index (χ4n) is 0.786. The molecule has 0 aliphatic heterocycles. The molecule has 1 aromatic rings. The number of hydrogen-bond donors (Lipinski definition) is 4. The minimum absolute atomic E-state index is 0.428. The third-order valence-corrected chi connectivity index (χ3v) is 2.08. The second-order valence-electron chi connectivity index (χ2n) is 2.14. The Kier molecular flexibility index (Phi) is 2.70. The van der Waals surface area contributed by atoms with E-state index in [4.69, 9.17) is 11.5 Å². The Balaban J connectivity index is 2.89. The molecule has 7 heteroatoms. The highest BCUT2D eigenvalue weighted by Gasteiger charge is 2.07. The molecule has 0 saturated carbocycles. The molecule has 1 aromatic heterocycles. The van der Waals surface area contributed by atoms with Crippen LogP contribution in [0.2, 0.25) is 0 Å². The number of hydrogen-bond acceptors (Lipinski definition) is 4. The number of carbonyl (C=O) groups excluding carboxylic acids is 2. The van der Waals surface area contributed by atoms with Crippen LogP contribution >= 0.6 is 11.3 Å². The van der Waals surface area contributed by atoms with Gasteiger partial charge in [-0.1, -0.05) is 11.3 Å². The van der Waals surface area contributed by atoms with E-state index in [9.17, 15) is 9.59 Å². The van der Waals surface area contributed by atoms with Gasteiger partial charge in [0.05, 0.1) is 10.7 Å². The molecule has 0 fully saturated rings. The summed E-state index contributed by atoms with van der Waals surface area (Å²) < 4.78 is 0. The zero-order chi connectivity index (χ0) is 9.84. The van der Waals surface area contributed by atoms with E-state index in [-0.39, 0.29) is 0 Å². The lowest BCUT2D eigenvalue weighted by molar-refractivity contribution is -0.105. The Bertz CT molecular complexity index is 335. The average Bonchev–Trinajstić information content (AvgIpc) is 2.31. The number of nitrogen functional groups attached to an aromatic ring is 1. The van der Waals surface area contributed by atoms with Crippen LogP contribution in [0.15, 0.2) is 6.07 Å². The maximum atomic E-state index is 10.5. The summed E-state index contributed by atoms with van der Waals surface area (Å²) in [6.07, 6.45) is 0.494. The number of rotatable bonds is 3. The van der Waals surface area contributed by atoms with Crippen LogP contribution in [0, 0.1) is 0 Å². The number of urea groups is 1. The van der Waals surface area contributed by atoms with E-state index in [1.54, 1.807) is 0 Å². The van der Waals surface area contributed by atoms with Crippen LogP contribution in [-0.2, 0) is 4.79 Å². The van der Waals surface area contributed by atoms with E-state index in [0.717, 1.165) is 11.3 Å². The molecule has 0 radical (unpaired) electrons. The summed E-state index contributed by atoms with van der Waals surface area (Å²) in [7, 11) is 0. The van der Waals surface area contributed by atoms with Gasteiger partial charge in [-0.15, -0.1) is 0 Å². The molecule has 0 spiro atoms. The Morgan fingerprint density at radius 2 is 2.31 bits per heavy atom. The highest BCUT2D eigenvalue weighted by molar-refractivity contribution is 7.20. The van der Waals surface area contributed by atoms with Crippen molar-refractivity contribution in [3.63, 3.8) is 0 Å². The minimum Gasteiger partial charge on any atom is -0.390 e. The van der Waals surface area contributed by atoms with Gasteiger partial charge in [-0.3, -0.25) is 10.1 Å². The number of nitrogens with two attached hydrogens (primary N) is 2. The van der Waals surface area contributed by atoms with Crippen LogP contribution < -0.4 is 22.1 Å². The molecule has 0 aliphatic carbocycles. The molecule has 70 valence electrons. The van der Waals surface area contributed by atoms with Crippen molar-refractivity contribution in [1.82, 2.24) is 0 Å². The van der Waals surface area contributed by atoms with Gasteiger partial charge in [0.15, 0.2) is 0 Å². The molecule has 3 amide bonds. The minimum atomic E-state index is -0.698. The Morgan fingerprint density at radius 1 is 1.62 bits per heavy atom. The van der Waals surface area contributed by atoms with Crippen molar-refractivity contribution < 1.29 is 9.59 Å². The van der Waals surface area contributed by atoms with Crippen LogP contribution in [0.4, 0.5) is 20.5 Å². The van der Waals surface area contributed by atoms with Gasteiger partial charge in [-0.25, -0.2) is 4.79 Å². The number of thiophene rings is 1. The molecule has 0 saturated heterocycles. The van der Waals surface area contributed by atoms with E-state index >= 15 is 0 Å². The van der Waals surface area contributed by atoms with Gasteiger partial charge in [0.25, 0.3) is 0 Å². The lowest BCUT2D eigenvalue weighted by Gasteiger charge is -2.00. The van der Waals surface area contributed by atoms with Crippen LogP contribution in [0.25, 0.3) is 0 Å². The molecule has 0 atom stereocenters. The zero-order valence-corrected chi connectivity index (χ0v) is 7.35. The molecule has 1 heterocycles. The van der Waals surface area contributed by atoms with E-state index in [1.807, 2.05) is 0 Å². The molecular formula is C6H8N4O2S.